The summed E-state index contributed by atoms with van der Waals surface area (Å²) in [4.78, 5) is 0. The van der Waals surface area contributed by atoms with E-state index in [1.807, 2.05) is 27.8 Å². The Bertz CT molecular complexity index is 405. The van der Waals surface area contributed by atoms with Crippen LogP contribution in [0.2, 0.25) is 0 Å². The molecule has 0 fully saturated rings. The molecular formula is C16H30Cl2N2SiTi-4. The summed E-state index contributed by atoms with van der Waals surface area (Å²) in [5.74, 6) is 0. The molecule has 1 N–H and O–H groups in total. The molecule has 2 rings (SSSR count). The summed E-state index contributed by atoms with van der Waals surface area (Å²) in [6.45, 7) is 5.56. The second-order valence-corrected chi connectivity index (χ2v) is 5.03. The van der Waals surface area contributed by atoms with E-state index < -0.39 is 0 Å². The molecule has 0 radical (unpaired) electrons. The summed E-state index contributed by atoms with van der Waals surface area (Å²) in [7, 11) is 2.03. The van der Waals surface area contributed by atoms with E-state index in [1.54, 1.807) is 0 Å². The van der Waals surface area contributed by atoms with E-state index in [1.165, 1.54) is 11.1 Å². The number of aromatic nitrogens is 1. The second kappa shape index (κ2) is 17.6. The molecule has 0 saturated carbocycles. The zero-order valence-electron chi connectivity index (χ0n) is 13.8. The van der Waals surface area contributed by atoms with Gasteiger partial charge in [-0.2, -0.15) is 11.6 Å². The first-order valence-electron chi connectivity index (χ1n) is 5.50. The normalized spacial score (nSPS) is 10.5. The first-order chi connectivity index (χ1) is 7.36. The Hall–Kier alpha value is 0.231. The molecule has 22 heavy (non-hydrogen) atoms. The van der Waals surface area contributed by atoms with Crippen LogP contribution >= 0.6 is 0 Å². The Balaban J connectivity index is -0.0000000530. The Kier molecular flexibility index (Phi) is 30.4. The molecule has 0 aromatic carbocycles. The Morgan fingerprint density at radius 2 is 1.64 bits per heavy atom. The van der Waals surface area contributed by atoms with Crippen LogP contribution in [-0.4, -0.2) is 21.1 Å². The molecule has 1 aromatic rings. The van der Waals surface area contributed by atoms with Crippen LogP contribution in [0, 0.1) is 20.9 Å². The smallest absolute Gasteiger partial charge is 1.00 e. The van der Waals surface area contributed by atoms with Crippen molar-refractivity contribution in [1.29, 1.82) is 0 Å². The van der Waals surface area contributed by atoms with Crippen LogP contribution in [0.1, 0.15) is 32.8 Å². The second-order valence-electron chi connectivity index (χ2n) is 5.03. The molecule has 0 bridgehead atoms. The van der Waals surface area contributed by atoms with Gasteiger partial charge in [0.05, 0.1) is 0 Å². The zero-order valence-corrected chi connectivity index (χ0v) is 16.9. The monoisotopic (exact) mass is 396 g/mol. The SMILES string of the molecule is CC(C)(C)[NH-].Cn1ccc(C2=CC[C-]=C2)c1.[CH3-].[CH3-].[Cl-].[Cl-].[SiH4].[Ti+2]. The van der Waals surface area contributed by atoms with Gasteiger partial charge in [-0.25, -0.2) is 6.08 Å². The van der Waals surface area contributed by atoms with Crippen LogP contribution in [0.15, 0.2) is 30.6 Å². The largest absolute Gasteiger partial charge is 2.00 e. The number of nitrogens with zero attached hydrogens (tertiary/aromatic N) is 1. The van der Waals surface area contributed by atoms with Gasteiger partial charge in [-0.1, -0.05) is 32.4 Å². The summed E-state index contributed by atoms with van der Waals surface area (Å²) < 4.78 is 2.06. The van der Waals surface area contributed by atoms with Crippen molar-refractivity contribution in [1.82, 2.24) is 4.57 Å². The standard InChI is InChI=1S/C10H10N.C4H10N.2CH3.2ClH.H4Si.Ti/c1-11-7-6-10(8-11)9-4-2-3-5-9;1-4(2,3)5;;;;;;/h4-8H,2H2,1H3;5H,1-3H3;2*1H3;2*1H;1H4;/q4*-1;;;;+2/p-2. The number of rotatable bonds is 1. The van der Waals surface area contributed by atoms with Crippen molar-refractivity contribution in [3.8, 4) is 0 Å². The predicted molar refractivity (Wildman–Crippen MR) is 94.1 cm³/mol. The van der Waals surface area contributed by atoms with E-state index in [9.17, 15) is 0 Å². The topological polar surface area (TPSA) is 28.7 Å². The molecule has 0 spiro atoms. The summed E-state index contributed by atoms with van der Waals surface area (Å²) in [6.07, 6.45) is 12.5. The van der Waals surface area contributed by atoms with E-state index >= 15 is 0 Å². The summed E-state index contributed by atoms with van der Waals surface area (Å²) in [6, 6.07) is 2.12. The molecule has 1 aromatic heterocycles. The molecule has 0 saturated heterocycles. The number of aryl methyl sites for hydroxylation is 1. The molecule has 1 heterocycles. The van der Waals surface area contributed by atoms with Gasteiger partial charge < -0.3 is 50.0 Å². The van der Waals surface area contributed by atoms with Gasteiger partial charge in [0, 0.05) is 13.2 Å². The third-order valence-electron chi connectivity index (χ3n) is 1.86. The first kappa shape index (κ1) is 38.0. The summed E-state index contributed by atoms with van der Waals surface area (Å²) >= 11 is 0. The van der Waals surface area contributed by atoms with Crippen molar-refractivity contribution in [2.24, 2.45) is 7.05 Å². The Morgan fingerprint density at radius 3 is 1.91 bits per heavy atom. The number of nitrogens with one attached hydrogen (secondary N) is 1. The molecule has 2 nitrogen and oxygen atoms in total. The van der Waals surface area contributed by atoms with Gasteiger partial charge in [-0.15, -0.1) is 12.0 Å². The van der Waals surface area contributed by atoms with Gasteiger partial charge in [0.15, 0.2) is 0 Å². The van der Waals surface area contributed by atoms with Crippen LogP contribution in [0.25, 0.3) is 11.3 Å². The quantitative estimate of drug-likeness (QED) is 0.370. The van der Waals surface area contributed by atoms with Crippen LogP contribution in [0.4, 0.5) is 0 Å². The Morgan fingerprint density at radius 1 is 1.18 bits per heavy atom. The fourth-order valence-corrected chi connectivity index (χ4v) is 1.27. The summed E-state index contributed by atoms with van der Waals surface area (Å²) in [5.41, 5.74) is 9.27. The van der Waals surface area contributed by atoms with Crippen LogP contribution < -0.4 is 24.8 Å². The Labute approximate surface area is 169 Å². The fraction of sp³-hybridized carbons (Fsp3) is 0.375. The number of hydrogen-bond donors (Lipinski definition) is 0. The third-order valence-corrected chi connectivity index (χ3v) is 1.86. The van der Waals surface area contributed by atoms with Gasteiger partial charge in [-0.3, -0.25) is 6.08 Å². The van der Waals surface area contributed by atoms with E-state index in [0.29, 0.717) is 0 Å². The maximum Gasteiger partial charge on any atom is 2.00 e. The van der Waals surface area contributed by atoms with Crippen LogP contribution in [0.5, 0.6) is 0 Å². The van der Waals surface area contributed by atoms with Crippen molar-refractivity contribution in [3.63, 3.8) is 0 Å². The molecule has 0 aliphatic heterocycles. The molecule has 130 valence electrons. The fourth-order valence-electron chi connectivity index (χ4n) is 1.27. The van der Waals surface area contributed by atoms with Crippen LogP contribution in [0.3, 0.4) is 0 Å². The molecule has 0 unspecified atom stereocenters. The van der Waals surface area contributed by atoms with Crippen molar-refractivity contribution in [3.05, 3.63) is 62.8 Å². The average Bonchev–Trinajstić information content (AvgIpc) is 2.69. The van der Waals surface area contributed by atoms with Gasteiger partial charge in [-0.05, 0) is 17.2 Å². The molecule has 0 atom stereocenters. The molecule has 1 aliphatic carbocycles. The van der Waals surface area contributed by atoms with Crippen molar-refractivity contribution in [2.75, 3.05) is 0 Å². The van der Waals surface area contributed by atoms with Gasteiger partial charge in [0.2, 0.25) is 0 Å². The van der Waals surface area contributed by atoms with E-state index in [2.05, 4.69) is 41.3 Å². The van der Waals surface area contributed by atoms with E-state index in [-0.39, 0.29) is 77.9 Å². The van der Waals surface area contributed by atoms with Gasteiger partial charge in [0.1, 0.15) is 0 Å². The average molecular weight is 397 g/mol. The minimum atomic E-state index is -0.250. The van der Waals surface area contributed by atoms with Gasteiger partial charge in [0.25, 0.3) is 0 Å². The number of halogens is 2. The maximum atomic E-state index is 6.94. The first-order valence-corrected chi connectivity index (χ1v) is 5.50. The minimum absolute atomic E-state index is 0. The van der Waals surface area contributed by atoms with Crippen LogP contribution in [-0.2, 0) is 28.8 Å². The molecule has 0 amide bonds. The number of hydrogen-bond acceptors (Lipinski definition) is 0. The van der Waals surface area contributed by atoms with E-state index in [4.69, 9.17) is 5.73 Å². The number of allylic oxidation sites excluding steroid dienone is 4. The van der Waals surface area contributed by atoms with E-state index in [0.717, 1.165) is 6.42 Å². The minimum Gasteiger partial charge on any atom is -1.00 e. The van der Waals surface area contributed by atoms with Gasteiger partial charge >= 0.3 is 21.7 Å². The molecular weight excluding hydrogens is 367 g/mol. The van der Waals surface area contributed by atoms with Crippen molar-refractivity contribution >= 4 is 16.5 Å². The van der Waals surface area contributed by atoms with Crippen molar-refractivity contribution < 1.29 is 46.5 Å². The summed E-state index contributed by atoms with van der Waals surface area (Å²) in [5, 5.41) is 0. The third kappa shape index (κ3) is 18.3. The molecule has 6 heteroatoms. The predicted octanol–water partition coefficient (Wildman–Crippen LogP) is -2.54. The maximum absolute atomic E-state index is 6.94. The molecule has 1 aliphatic rings. The van der Waals surface area contributed by atoms with Crippen molar-refractivity contribution in [2.45, 2.75) is 32.7 Å². The zero-order chi connectivity index (χ0) is 12.2.